The summed E-state index contributed by atoms with van der Waals surface area (Å²) in [7, 11) is 1.32. The van der Waals surface area contributed by atoms with E-state index in [0.717, 1.165) is 17.1 Å². The Bertz CT molecular complexity index is 1650. The van der Waals surface area contributed by atoms with Crippen LogP contribution in [-0.4, -0.2) is 29.8 Å². The summed E-state index contributed by atoms with van der Waals surface area (Å²) in [6.45, 7) is 4.30. The minimum Gasteiger partial charge on any atom is -0.486 e. The smallest absolute Gasteiger partial charge is 0.338 e. The summed E-state index contributed by atoms with van der Waals surface area (Å²) < 4.78 is 24.2. The van der Waals surface area contributed by atoms with Crippen molar-refractivity contribution >= 4 is 18.1 Å². The van der Waals surface area contributed by atoms with E-state index in [2.05, 4.69) is 41.1 Å². The van der Waals surface area contributed by atoms with Gasteiger partial charge < -0.3 is 22.9 Å². The van der Waals surface area contributed by atoms with Crippen LogP contribution in [0.4, 0.5) is 0 Å². The zero-order valence-electron chi connectivity index (χ0n) is 22.2. The van der Waals surface area contributed by atoms with Crippen LogP contribution in [0.5, 0.6) is 5.75 Å². The number of ether oxygens (including phenoxy) is 2. The lowest BCUT2D eigenvalue weighted by molar-refractivity contribution is 0.0601. The van der Waals surface area contributed by atoms with Crippen molar-refractivity contribution in [3.05, 3.63) is 119 Å². The topological polar surface area (TPSA) is 108 Å². The second-order valence-electron chi connectivity index (χ2n) is 8.94. The van der Waals surface area contributed by atoms with E-state index in [-0.39, 0.29) is 12.4 Å². The van der Waals surface area contributed by atoms with E-state index in [4.69, 9.17) is 18.3 Å². The summed E-state index contributed by atoms with van der Waals surface area (Å²) in [4.78, 5) is 24.5. The van der Waals surface area contributed by atoms with Gasteiger partial charge in [0.05, 0.1) is 18.9 Å². The number of esters is 1. The van der Waals surface area contributed by atoms with Crippen molar-refractivity contribution in [1.82, 2.24) is 9.99 Å². The van der Waals surface area contributed by atoms with Crippen molar-refractivity contribution in [1.29, 1.82) is 0 Å². The standard InChI is InChI=1S/C31H27N3O6/c1-20-8-9-21(2)34(20)22-10-12-23(13-11-22)38-19-25-15-17-29(40-25)30(35)33-32-18-24-14-16-28(39-24)26-6-4-5-7-27(26)31(36)37-3/h4-18H,19H2,1-3H3,(H,33,35)/b32-18+. The lowest BCUT2D eigenvalue weighted by atomic mass is 10.1. The summed E-state index contributed by atoms with van der Waals surface area (Å²) in [6, 6.07) is 25.5. The second kappa shape index (κ2) is 11.6. The van der Waals surface area contributed by atoms with Crippen molar-refractivity contribution in [2.45, 2.75) is 20.5 Å². The van der Waals surface area contributed by atoms with Crippen molar-refractivity contribution in [3.63, 3.8) is 0 Å². The highest BCUT2D eigenvalue weighted by molar-refractivity contribution is 5.96. The van der Waals surface area contributed by atoms with Crippen LogP contribution >= 0.6 is 0 Å². The molecule has 0 saturated carbocycles. The van der Waals surface area contributed by atoms with Gasteiger partial charge in [0.1, 0.15) is 29.6 Å². The third-order valence-corrected chi connectivity index (χ3v) is 6.22. The van der Waals surface area contributed by atoms with Gasteiger partial charge in [0.25, 0.3) is 0 Å². The number of carbonyl (C=O) groups excluding carboxylic acids is 2. The third-order valence-electron chi connectivity index (χ3n) is 6.22. The monoisotopic (exact) mass is 537 g/mol. The summed E-state index contributed by atoms with van der Waals surface area (Å²) in [6.07, 6.45) is 1.36. The largest absolute Gasteiger partial charge is 0.486 e. The molecule has 0 radical (unpaired) electrons. The van der Waals surface area contributed by atoms with Gasteiger partial charge in [-0.1, -0.05) is 18.2 Å². The summed E-state index contributed by atoms with van der Waals surface area (Å²) >= 11 is 0. The molecule has 9 nitrogen and oxygen atoms in total. The fraction of sp³-hybridized carbons (Fsp3) is 0.129. The molecule has 0 saturated heterocycles. The van der Waals surface area contributed by atoms with E-state index in [0.29, 0.717) is 34.2 Å². The molecule has 0 aliphatic heterocycles. The number of aromatic nitrogens is 1. The molecule has 5 rings (SSSR count). The Labute approximate surface area is 230 Å². The number of methoxy groups -OCH3 is 1. The first kappa shape index (κ1) is 26.3. The van der Waals surface area contributed by atoms with Crippen LogP contribution in [0.1, 0.15) is 43.8 Å². The van der Waals surface area contributed by atoms with Crippen molar-refractivity contribution < 1.29 is 27.9 Å². The highest BCUT2D eigenvalue weighted by Crippen LogP contribution is 2.26. The first-order chi connectivity index (χ1) is 19.4. The maximum absolute atomic E-state index is 12.5. The summed E-state index contributed by atoms with van der Waals surface area (Å²) in [5.74, 6) is 1.14. The van der Waals surface area contributed by atoms with Crippen LogP contribution in [0.15, 0.2) is 98.9 Å². The maximum Gasteiger partial charge on any atom is 0.338 e. The van der Waals surface area contributed by atoms with E-state index in [9.17, 15) is 9.59 Å². The van der Waals surface area contributed by atoms with Gasteiger partial charge in [0.2, 0.25) is 0 Å². The number of nitrogens with zero attached hydrogens (tertiary/aromatic N) is 2. The van der Waals surface area contributed by atoms with Gasteiger partial charge >= 0.3 is 11.9 Å². The van der Waals surface area contributed by atoms with Crippen LogP contribution in [-0.2, 0) is 11.3 Å². The van der Waals surface area contributed by atoms with Crippen molar-refractivity contribution in [2.75, 3.05) is 7.11 Å². The molecule has 0 fully saturated rings. The SMILES string of the molecule is COC(=O)c1ccccc1-c1ccc(/C=N/NC(=O)c2ccc(COc3ccc(-n4c(C)ccc4C)cc3)o2)o1. The molecule has 3 heterocycles. The Kier molecular flexibility index (Phi) is 7.63. The lowest BCUT2D eigenvalue weighted by Gasteiger charge is -2.10. The predicted molar refractivity (Wildman–Crippen MR) is 149 cm³/mol. The number of hydrogen-bond acceptors (Lipinski definition) is 7. The fourth-order valence-electron chi connectivity index (χ4n) is 4.26. The molecule has 3 aromatic heterocycles. The molecular formula is C31H27N3O6. The molecule has 0 aliphatic rings. The van der Waals surface area contributed by atoms with Crippen LogP contribution in [0, 0.1) is 13.8 Å². The maximum atomic E-state index is 12.5. The van der Waals surface area contributed by atoms with Crippen LogP contribution in [0.25, 0.3) is 17.0 Å². The van der Waals surface area contributed by atoms with Gasteiger partial charge in [-0.2, -0.15) is 5.10 Å². The molecule has 1 N–H and O–H groups in total. The zero-order valence-corrected chi connectivity index (χ0v) is 22.2. The number of hydrazone groups is 1. The van der Waals surface area contributed by atoms with E-state index in [1.807, 2.05) is 24.3 Å². The molecule has 9 heteroatoms. The number of rotatable bonds is 9. The molecule has 1 amide bonds. The highest BCUT2D eigenvalue weighted by Gasteiger charge is 2.15. The van der Waals surface area contributed by atoms with Gasteiger partial charge in [0, 0.05) is 22.6 Å². The van der Waals surface area contributed by atoms with Crippen LogP contribution < -0.4 is 10.2 Å². The van der Waals surface area contributed by atoms with Gasteiger partial charge in [-0.25, -0.2) is 10.2 Å². The van der Waals surface area contributed by atoms with Gasteiger partial charge in [0.15, 0.2) is 5.76 Å². The quantitative estimate of drug-likeness (QED) is 0.139. The molecular weight excluding hydrogens is 510 g/mol. The van der Waals surface area contributed by atoms with Crippen molar-refractivity contribution in [3.8, 4) is 22.8 Å². The fourth-order valence-corrected chi connectivity index (χ4v) is 4.26. The molecule has 0 atom stereocenters. The van der Waals surface area contributed by atoms with Gasteiger partial charge in [-0.15, -0.1) is 0 Å². The van der Waals surface area contributed by atoms with Crippen LogP contribution in [0.2, 0.25) is 0 Å². The summed E-state index contributed by atoms with van der Waals surface area (Å²) in [5.41, 5.74) is 6.76. The first-order valence-electron chi connectivity index (χ1n) is 12.5. The molecule has 2 aromatic carbocycles. The molecule has 40 heavy (non-hydrogen) atoms. The Morgan fingerprint density at radius 1 is 0.900 bits per heavy atom. The molecule has 202 valence electrons. The predicted octanol–water partition coefficient (Wildman–Crippen LogP) is 6.08. The average Bonchev–Trinajstić information content (AvgIpc) is 3.72. The molecule has 5 aromatic rings. The lowest BCUT2D eigenvalue weighted by Crippen LogP contribution is -2.16. The Morgan fingerprint density at radius 3 is 2.40 bits per heavy atom. The highest BCUT2D eigenvalue weighted by atomic mass is 16.5. The number of furan rings is 2. The third kappa shape index (κ3) is 5.73. The van der Waals surface area contributed by atoms with Gasteiger partial charge in [-0.05, 0) is 80.6 Å². The second-order valence-corrected chi connectivity index (χ2v) is 8.94. The number of carbonyl (C=O) groups is 2. The normalized spacial score (nSPS) is 11.1. The molecule has 0 bridgehead atoms. The number of benzene rings is 2. The van der Waals surface area contributed by atoms with Crippen molar-refractivity contribution in [2.24, 2.45) is 5.10 Å². The number of hydrogen-bond donors (Lipinski definition) is 1. The minimum atomic E-state index is -0.521. The minimum absolute atomic E-state index is 0.0943. The molecule has 0 spiro atoms. The zero-order chi connectivity index (χ0) is 28.1. The number of nitrogens with one attached hydrogen (secondary N) is 1. The van der Waals surface area contributed by atoms with E-state index in [1.165, 1.54) is 13.3 Å². The number of amides is 1. The van der Waals surface area contributed by atoms with Crippen LogP contribution in [0.3, 0.4) is 0 Å². The van der Waals surface area contributed by atoms with Gasteiger partial charge in [-0.3, -0.25) is 4.79 Å². The number of aryl methyl sites for hydroxylation is 2. The Morgan fingerprint density at radius 2 is 1.65 bits per heavy atom. The summed E-state index contributed by atoms with van der Waals surface area (Å²) in [5, 5.41) is 3.94. The van der Waals surface area contributed by atoms with E-state index < -0.39 is 11.9 Å². The molecule has 0 unspecified atom stereocenters. The first-order valence-corrected chi connectivity index (χ1v) is 12.5. The molecule has 0 aliphatic carbocycles. The Hall–Kier alpha value is -5.31. The van der Waals surface area contributed by atoms with E-state index in [1.54, 1.807) is 48.5 Å². The van der Waals surface area contributed by atoms with E-state index >= 15 is 0 Å². The Balaban J connectivity index is 1.15. The average molecular weight is 538 g/mol.